The molecule has 0 aromatic heterocycles. The van der Waals surface area contributed by atoms with Crippen LogP contribution >= 0.6 is 0 Å². The highest BCUT2D eigenvalue weighted by Gasteiger charge is 2.44. The minimum atomic E-state index is 0.0184. The maximum atomic E-state index is 9.05. The van der Waals surface area contributed by atoms with E-state index in [1.165, 1.54) is 6.42 Å². The lowest BCUT2D eigenvalue weighted by Crippen LogP contribution is -2.42. The Morgan fingerprint density at radius 2 is 2.22 bits per heavy atom. The van der Waals surface area contributed by atoms with Gasteiger partial charge in [0.05, 0.1) is 6.10 Å². The fourth-order valence-electron chi connectivity index (χ4n) is 2.08. The summed E-state index contributed by atoms with van der Waals surface area (Å²) in [7, 11) is 0. The molecule has 2 rings (SSSR count). The third kappa shape index (κ3) is 0.775. The Kier molecular flexibility index (Phi) is 1.08. The van der Waals surface area contributed by atoms with Crippen LogP contribution in [0.3, 0.4) is 0 Å². The van der Waals surface area contributed by atoms with Gasteiger partial charge in [0.15, 0.2) is 0 Å². The standard InChI is InChI=1S/C7H13NO/c9-6-3-7(4-6)1-2-8-5-7/h6,8-9H,1-5H2. The van der Waals surface area contributed by atoms with Gasteiger partial charge in [-0.2, -0.15) is 0 Å². The van der Waals surface area contributed by atoms with Gasteiger partial charge in [0, 0.05) is 6.54 Å². The Morgan fingerprint density at radius 3 is 2.67 bits per heavy atom. The van der Waals surface area contributed by atoms with Gasteiger partial charge in [-0.25, -0.2) is 0 Å². The molecule has 0 bridgehead atoms. The van der Waals surface area contributed by atoms with Gasteiger partial charge < -0.3 is 10.4 Å². The molecule has 0 amide bonds. The van der Waals surface area contributed by atoms with Gasteiger partial charge in [0.2, 0.25) is 0 Å². The van der Waals surface area contributed by atoms with Gasteiger partial charge >= 0.3 is 0 Å². The highest BCUT2D eigenvalue weighted by atomic mass is 16.3. The Morgan fingerprint density at radius 1 is 1.44 bits per heavy atom. The lowest BCUT2D eigenvalue weighted by atomic mass is 9.66. The van der Waals surface area contributed by atoms with Crippen molar-refractivity contribution in [1.82, 2.24) is 5.32 Å². The molecule has 0 atom stereocenters. The van der Waals surface area contributed by atoms with Gasteiger partial charge in [-0.3, -0.25) is 0 Å². The molecule has 9 heavy (non-hydrogen) atoms. The summed E-state index contributed by atoms with van der Waals surface area (Å²) in [6, 6.07) is 0. The quantitative estimate of drug-likeness (QED) is 0.484. The molecule has 2 N–H and O–H groups in total. The minimum absolute atomic E-state index is 0.0184. The molecule has 2 fully saturated rings. The number of nitrogens with one attached hydrogen (secondary N) is 1. The van der Waals surface area contributed by atoms with Gasteiger partial charge in [-0.1, -0.05) is 0 Å². The summed E-state index contributed by atoms with van der Waals surface area (Å²) in [4.78, 5) is 0. The normalized spacial score (nSPS) is 49.7. The zero-order valence-electron chi connectivity index (χ0n) is 5.56. The van der Waals surface area contributed by atoms with E-state index in [0.29, 0.717) is 5.41 Å². The molecule has 1 aliphatic carbocycles. The molecule has 1 spiro atoms. The van der Waals surface area contributed by atoms with Crippen LogP contribution in [-0.2, 0) is 0 Å². The minimum Gasteiger partial charge on any atom is -0.393 e. The second-order valence-electron chi connectivity index (χ2n) is 3.49. The average Bonchev–Trinajstić information content (AvgIpc) is 2.12. The largest absolute Gasteiger partial charge is 0.393 e. The summed E-state index contributed by atoms with van der Waals surface area (Å²) in [5, 5.41) is 12.4. The zero-order chi connectivity index (χ0) is 6.32. The van der Waals surface area contributed by atoms with Crippen LogP contribution in [0, 0.1) is 5.41 Å². The molecule has 1 aliphatic heterocycles. The van der Waals surface area contributed by atoms with E-state index in [-0.39, 0.29) is 6.10 Å². The maximum Gasteiger partial charge on any atom is 0.0551 e. The van der Waals surface area contributed by atoms with Gasteiger partial charge in [0.1, 0.15) is 0 Å². The Balaban J connectivity index is 1.95. The monoisotopic (exact) mass is 127 g/mol. The van der Waals surface area contributed by atoms with E-state index in [4.69, 9.17) is 5.11 Å². The molecule has 1 heterocycles. The van der Waals surface area contributed by atoms with E-state index in [9.17, 15) is 0 Å². The van der Waals surface area contributed by atoms with Crippen molar-refractivity contribution in [3.63, 3.8) is 0 Å². The zero-order valence-corrected chi connectivity index (χ0v) is 5.56. The van der Waals surface area contributed by atoms with Gasteiger partial charge in [-0.15, -0.1) is 0 Å². The topological polar surface area (TPSA) is 32.3 Å². The van der Waals surface area contributed by atoms with Gasteiger partial charge in [-0.05, 0) is 31.2 Å². The summed E-state index contributed by atoms with van der Waals surface area (Å²) in [6.45, 7) is 2.30. The Labute approximate surface area is 55.3 Å². The molecule has 52 valence electrons. The molecule has 1 saturated heterocycles. The first-order chi connectivity index (χ1) is 4.31. The fourth-order valence-corrected chi connectivity index (χ4v) is 2.08. The number of aliphatic hydroxyl groups is 1. The summed E-state index contributed by atoms with van der Waals surface area (Å²) in [5.74, 6) is 0. The van der Waals surface area contributed by atoms with E-state index in [0.717, 1.165) is 25.9 Å². The molecule has 0 aromatic rings. The first-order valence-electron chi connectivity index (χ1n) is 3.70. The highest BCUT2D eigenvalue weighted by molar-refractivity contribution is 4.98. The predicted molar refractivity (Wildman–Crippen MR) is 35.2 cm³/mol. The first kappa shape index (κ1) is 5.69. The fraction of sp³-hybridized carbons (Fsp3) is 1.00. The van der Waals surface area contributed by atoms with Crippen molar-refractivity contribution in [3.05, 3.63) is 0 Å². The molecule has 0 radical (unpaired) electrons. The van der Waals surface area contributed by atoms with Gasteiger partial charge in [0.25, 0.3) is 0 Å². The van der Waals surface area contributed by atoms with Crippen molar-refractivity contribution in [1.29, 1.82) is 0 Å². The lowest BCUT2D eigenvalue weighted by Gasteiger charge is -2.41. The Bertz CT molecular complexity index is 110. The van der Waals surface area contributed by atoms with Crippen LogP contribution in [-0.4, -0.2) is 24.3 Å². The second-order valence-corrected chi connectivity index (χ2v) is 3.49. The maximum absolute atomic E-state index is 9.05. The van der Waals surface area contributed by atoms with E-state index in [2.05, 4.69) is 5.32 Å². The van der Waals surface area contributed by atoms with Crippen molar-refractivity contribution < 1.29 is 5.11 Å². The third-order valence-electron chi connectivity index (χ3n) is 2.67. The number of hydrogen-bond acceptors (Lipinski definition) is 2. The van der Waals surface area contributed by atoms with Crippen LogP contribution < -0.4 is 5.32 Å². The van der Waals surface area contributed by atoms with E-state index < -0.39 is 0 Å². The summed E-state index contributed by atoms with van der Waals surface area (Å²) < 4.78 is 0. The summed E-state index contributed by atoms with van der Waals surface area (Å²) in [5.41, 5.74) is 0.527. The molecule has 2 aliphatic rings. The van der Waals surface area contributed by atoms with Crippen molar-refractivity contribution >= 4 is 0 Å². The number of hydrogen-bond donors (Lipinski definition) is 2. The van der Waals surface area contributed by atoms with Crippen molar-refractivity contribution in [2.75, 3.05) is 13.1 Å². The molecular formula is C7H13NO. The molecule has 2 heteroatoms. The van der Waals surface area contributed by atoms with Crippen molar-refractivity contribution in [2.24, 2.45) is 5.41 Å². The van der Waals surface area contributed by atoms with Crippen LogP contribution in [0.15, 0.2) is 0 Å². The van der Waals surface area contributed by atoms with E-state index in [1.807, 2.05) is 0 Å². The van der Waals surface area contributed by atoms with E-state index >= 15 is 0 Å². The SMILES string of the molecule is OC1CC2(CCNC2)C1. The average molecular weight is 127 g/mol. The van der Waals surface area contributed by atoms with Crippen LogP contribution in [0.2, 0.25) is 0 Å². The smallest absolute Gasteiger partial charge is 0.0551 e. The molecule has 2 nitrogen and oxygen atoms in total. The third-order valence-corrected chi connectivity index (χ3v) is 2.67. The van der Waals surface area contributed by atoms with Crippen LogP contribution in [0.1, 0.15) is 19.3 Å². The number of aliphatic hydroxyl groups excluding tert-OH is 1. The molecule has 0 aromatic carbocycles. The molecular weight excluding hydrogens is 114 g/mol. The predicted octanol–water partition coefficient (Wildman–Crippen LogP) is 0.121. The summed E-state index contributed by atoms with van der Waals surface area (Å²) >= 11 is 0. The lowest BCUT2D eigenvalue weighted by molar-refractivity contribution is -0.0189. The molecule has 1 saturated carbocycles. The van der Waals surface area contributed by atoms with Crippen LogP contribution in [0.4, 0.5) is 0 Å². The van der Waals surface area contributed by atoms with E-state index in [1.54, 1.807) is 0 Å². The second kappa shape index (κ2) is 1.70. The van der Waals surface area contributed by atoms with Crippen molar-refractivity contribution in [2.45, 2.75) is 25.4 Å². The summed E-state index contributed by atoms with van der Waals surface area (Å²) in [6.07, 6.45) is 3.38. The Hall–Kier alpha value is -0.0800. The van der Waals surface area contributed by atoms with Crippen LogP contribution in [0.5, 0.6) is 0 Å². The highest BCUT2D eigenvalue weighted by Crippen LogP contribution is 2.45. The van der Waals surface area contributed by atoms with Crippen molar-refractivity contribution in [3.8, 4) is 0 Å². The number of rotatable bonds is 0. The first-order valence-corrected chi connectivity index (χ1v) is 3.70. The molecule has 0 unspecified atom stereocenters. The van der Waals surface area contributed by atoms with Crippen LogP contribution in [0.25, 0.3) is 0 Å².